The summed E-state index contributed by atoms with van der Waals surface area (Å²) in [6, 6.07) is 1.91. The van der Waals surface area contributed by atoms with Crippen molar-refractivity contribution < 1.29 is 8.42 Å². The van der Waals surface area contributed by atoms with E-state index < -0.39 is 10.0 Å². The molecule has 6 heteroatoms. The maximum absolute atomic E-state index is 12.8. The van der Waals surface area contributed by atoms with Crippen LogP contribution >= 0.6 is 0 Å². The number of aromatic nitrogens is 1. The zero-order valence-corrected chi connectivity index (χ0v) is 14.1. The average molecular weight is 313 g/mol. The van der Waals surface area contributed by atoms with Crippen molar-refractivity contribution >= 4 is 10.0 Å². The van der Waals surface area contributed by atoms with E-state index in [1.165, 1.54) is 0 Å². The largest absolute Gasteiger partial charge is 0.352 e. The molecule has 1 fully saturated rings. The number of piperidine rings is 1. The molecule has 0 amide bonds. The lowest BCUT2D eigenvalue weighted by molar-refractivity contribution is 0.268. The van der Waals surface area contributed by atoms with Gasteiger partial charge in [-0.15, -0.1) is 0 Å². The fraction of sp³-hybridized carbons (Fsp3) is 0.733. The van der Waals surface area contributed by atoms with Gasteiger partial charge in [0.05, 0.1) is 0 Å². The van der Waals surface area contributed by atoms with Crippen molar-refractivity contribution in [2.75, 3.05) is 13.1 Å². The third-order valence-corrected chi connectivity index (χ3v) is 6.14. The van der Waals surface area contributed by atoms with E-state index in [0.29, 0.717) is 18.0 Å². The van der Waals surface area contributed by atoms with E-state index in [1.54, 1.807) is 16.6 Å². The summed E-state index contributed by atoms with van der Waals surface area (Å²) in [4.78, 5) is 0.423. The normalized spacial score (nSPS) is 20.8. The van der Waals surface area contributed by atoms with Gasteiger partial charge in [-0.2, -0.15) is 4.31 Å². The van der Waals surface area contributed by atoms with E-state index in [-0.39, 0.29) is 6.04 Å². The first-order valence-electron chi connectivity index (χ1n) is 7.84. The van der Waals surface area contributed by atoms with Gasteiger partial charge in [0.25, 0.3) is 0 Å². The second-order valence-corrected chi connectivity index (χ2v) is 7.81. The van der Waals surface area contributed by atoms with Crippen molar-refractivity contribution in [1.82, 2.24) is 14.2 Å². The minimum Gasteiger partial charge on any atom is -0.352 e. The number of hydrogen-bond donors (Lipinski definition) is 1. The van der Waals surface area contributed by atoms with Crippen molar-refractivity contribution in [3.8, 4) is 0 Å². The van der Waals surface area contributed by atoms with Crippen LogP contribution in [-0.4, -0.2) is 36.4 Å². The molecule has 1 aromatic heterocycles. The number of sulfonamides is 1. The zero-order valence-electron chi connectivity index (χ0n) is 13.3. The zero-order chi connectivity index (χ0) is 15.5. The van der Waals surface area contributed by atoms with Gasteiger partial charge in [-0.05, 0) is 38.8 Å². The molecule has 0 aromatic carbocycles. The fourth-order valence-corrected chi connectivity index (χ4v) is 4.65. The molecular weight excluding hydrogens is 286 g/mol. The first kappa shape index (κ1) is 16.5. The first-order valence-corrected chi connectivity index (χ1v) is 9.28. The van der Waals surface area contributed by atoms with Gasteiger partial charge in [0.15, 0.2) is 0 Å². The van der Waals surface area contributed by atoms with Gasteiger partial charge in [0, 0.05) is 38.1 Å². The van der Waals surface area contributed by atoms with E-state index >= 15 is 0 Å². The summed E-state index contributed by atoms with van der Waals surface area (Å²) < 4.78 is 29.1. The van der Waals surface area contributed by atoms with Crippen LogP contribution in [-0.2, 0) is 23.6 Å². The molecule has 1 aliphatic heterocycles. The van der Waals surface area contributed by atoms with Crippen LogP contribution in [0, 0.1) is 0 Å². The van der Waals surface area contributed by atoms with Gasteiger partial charge < -0.3 is 9.88 Å². The second kappa shape index (κ2) is 6.94. The molecule has 0 radical (unpaired) electrons. The standard InChI is InChI=1S/C15H27N3O2S/c1-4-8-16-11-14-10-15(12-17(14)3)21(19,20)18-9-6-5-7-13(18)2/h10,12-13,16H,4-9,11H2,1-3H3. The van der Waals surface area contributed by atoms with Gasteiger partial charge in [0.2, 0.25) is 10.0 Å². The van der Waals surface area contributed by atoms with Crippen molar-refractivity contribution in [3.63, 3.8) is 0 Å². The minimum atomic E-state index is -3.36. The van der Waals surface area contributed by atoms with Crippen LogP contribution < -0.4 is 5.32 Å². The number of rotatable bonds is 6. The molecule has 1 aliphatic rings. The second-order valence-electron chi connectivity index (χ2n) is 5.92. The molecule has 1 saturated heterocycles. The molecule has 2 heterocycles. The summed E-state index contributed by atoms with van der Waals surface area (Å²) in [6.45, 7) is 6.41. The van der Waals surface area contributed by atoms with Crippen LogP contribution in [0.15, 0.2) is 17.2 Å². The molecule has 1 N–H and O–H groups in total. The van der Waals surface area contributed by atoms with Crippen molar-refractivity contribution in [2.24, 2.45) is 7.05 Å². The van der Waals surface area contributed by atoms with Gasteiger partial charge in [0.1, 0.15) is 4.90 Å². The highest BCUT2D eigenvalue weighted by Crippen LogP contribution is 2.26. The summed E-state index contributed by atoms with van der Waals surface area (Å²) in [5, 5.41) is 3.32. The number of aryl methyl sites for hydroxylation is 1. The average Bonchev–Trinajstić information content (AvgIpc) is 2.82. The number of hydrogen-bond acceptors (Lipinski definition) is 3. The van der Waals surface area contributed by atoms with Crippen molar-refractivity contribution in [1.29, 1.82) is 0 Å². The Kier molecular flexibility index (Phi) is 5.46. The van der Waals surface area contributed by atoms with Crippen LogP contribution in [0.4, 0.5) is 0 Å². The highest BCUT2D eigenvalue weighted by molar-refractivity contribution is 7.89. The first-order chi connectivity index (χ1) is 9.96. The van der Waals surface area contributed by atoms with Crippen LogP contribution in [0.3, 0.4) is 0 Å². The number of nitrogens with zero attached hydrogens (tertiary/aromatic N) is 2. The maximum Gasteiger partial charge on any atom is 0.244 e. The third kappa shape index (κ3) is 3.67. The molecule has 1 aromatic rings. The van der Waals surface area contributed by atoms with E-state index in [1.807, 2.05) is 18.5 Å². The van der Waals surface area contributed by atoms with Gasteiger partial charge in [-0.25, -0.2) is 8.42 Å². The summed E-state index contributed by atoms with van der Waals surface area (Å²) in [5.41, 5.74) is 1.01. The van der Waals surface area contributed by atoms with Crippen LogP contribution in [0.5, 0.6) is 0 Å². The van der Waals surface area contributed by atoms with Gasteiger partial charge in [-0.1, -0.05) is 13.3 Å². The Morgan fingerprint density at radius 3 is 2.81 bits per heavy atom. The summed E-state index contributed by atoms with van der Waals surface area (Å²) in [6.07, 6.45) is 5.84. The molecule has 0 aliphatic carbocycles. The molecular formula is C15H27N3O2S. The predicted molar refractivity (Wildman–Crippen MR) is 84.6 cm³/mol. The predicted octanol–water partition coefficient (Wildman–Crippen LogP) is 2.09. The molecule has 5 nitrogen and oxygen atoms in total. The molecule has 1 unspecified atom stereocenters. The van der Waals surface area contributed by atoms with Gasteiger partial charge >= 0.3 is 0 Å². The topological polar surface area (TPSA) is 54.3 Å². The minimum absolute atomic E-state index is 0.102. The lowest BCUT2D eigenvalue weighted by Crippen LogP contribution is -2.41. The Morgan fingerprint density at radius 1 is 1.38 bits per heavy atom. The molecule has 0 saturated carbocycles. The summed E-state index contributed by atoms with van der Waals surface area (Å²) >= 11 is 0. The van der Waals surface area contributed by atoms with E-state index in [0.717, 1.165) is 37.9 Å². The SMILES string of the molecule is CCCNCc1cc(S(=O)(=O)N2CCCCC2C)cn1C. The van der Waals surface area contributed by atoms with Crippen molar-refractivity contribution in [2.45, 2.75) is 57.0 Å². The molecule has 0 spiro atoms. The van der Waals surface area contributed by atoms with E-state index in [9.17, 15) is 8.42 Å². The van der Waals surface area contributed by atoms with Gasteiger partial charge in [-0.3, -0.25) is 0 Å². The Bertz CT molecular complexity index is 565. The summed E-state index contributed by atoms with van der Waals surface area (Å²) in [5.74, 6) is 0. The lowest BCUT2D eigenvalue weighted by atomic mass is 10.1. The quantitative estimate of drug-likeness (QED) is 0.818. The highest BCUT2D eigenvalue weighted by atomic mass is 32.2. The smallest absolute Gasteiger partial charge is 0.244 e. The van der Waals surface area contributed by atoms with Crippen molar-refractivity contribution in [3.05, 3.63) is 18.0 Å². The highest BCUT2D eigenvalue weighted by Gasteiger charge is 2.31. The van der Waals surface area contributed by atoms with Crippen LogP contribution in [0.25, 0.3) is 0 Å². The third-order valence-electron chi connectivity index (χ3n) is 4.16. The molecule has 120 valence electrons. The van der Waals surface area contributed by atoms with E-state index in [2.05, 4.69) is 12.2 Å². The monoisotopic (exact) mass is 313 g/mol. The Morgan fingerprint density at radius 2 is 2.14 bits per heavy atom. The Hall–Kier alpha value is -0.850. The summed E-state index contributed by atoms with van der Waals surface area (Å²) in [7, 11) is -1.45. The van der Waals surface area contributed by atoms with Crippen LogP contribution in [0.2, 0.25) is 0 Å². The molecule has 21 heavy (non-hydrogen) atoms. The molecule has 2 rings (SSSR count). The molecule has 1 atom stereocenters. The fourth-order valence-electron chi connectivity index (χ4n) is 2.85. The van der Waals surface area contributed by atoms with Crippen LogP contribution in [0.1, 0.15) is 45.2 Å². The Balaban J connectivity index is 2.18. The van der Waals surface area contributed by atoms with E-state index in [4.69, 9.17) is 0 Å². The maximum atomic E-state index is 12.8. The lowest BCUT2D eigenvalue weighted by Gasteiger charge is -2.31. The Labute approximate surface area is 128 Å². The molecule has 0 bridgehead atoms. The number of nitrogens with one attached hydrogen (secondary N) is 1.